The van der Waals surface area contributed by atoms with Gasteiger partial charge in [-0.2, -0.15) is 26.3 Å². The van der Waals surface area contributed by atoms with Crippen LogP contribution < -0.4 is 14.4 Å². The molecule has 1 amide bonds. The van der Waals surface area contributed by atoms with Crippen molar-refractivity contribution in [2.45, 2.75) is 57.6 Å². The monoisotopic (exact) mass is 563 g/mol. The lowest BCUT2D eigenvalue weighted by Crippen LogP contribution is -2.44. The summed E-state index contributed by atoms with van der Waals surface area (Å²) in [7, 11) is 2.69. The van der Waals surface area contributed by atoms with Gasteiger partial charge in [-0.25, -0.2) is 4.79 Å². The lowest BCUT2D eigenvalue weighted by Gasteiger charge is -2.41. The number of carbonyl (C=O) groups is 2. The van der Waals surface area contributed by atoms with Crippen LogP contribution in [0.4, 0.5) is 36.8 Å². The van der Waals surface area contributed by atoms with E-state index in [0.29, 0.717) is 12.1 Å². The van der Waals surface area contributed by atoms with E-state index in [1.165, 1.54) is 31.3 Å². The Labute approximate surface area is 220 Å². The molecule has 39 heavy (non-hydrogen) atoms. The van der Waals surface area contributed by atoms with Gasteiger partial charge in [-0.1, -0.05) is 0 Å². The topological polar surface area (TPSA) is 74.3 Å². The molecular formula is C26H27F6NO6. The zero-order valence-electron chi connectivity index (χ0n) is 21.7. The van der Waals surface area contributed by atoms with E-state index in [4.69, 9.17) is 18.9 Å². The Morgan fingerprint density at radius 3 is 1.95 bits per heavy atom. The van der Waals surface area contributed by atoms with Gasteiger partial charge >= 0.3 is 24.4 Å². The molecule has 0 saturated heterocycles. The maximum absolute atomic E-state index is 13.6. The van der Waals surface area contributed by atoms with E-state index in [9.17, 15) is 35.9 Å². The maximum atomic E-state index is 13.6. The highest BCUT2D eigenvalue weighted by atomic mass is 19.4. The van der Waals surface area contributed by atoms with Crippen LogP contribution in [0.25, 0.3) is 0 Å². The molecule has 0 aromatic heterocycles. The largest absolute Gasteiger partial charge is 0.493 e. The molecule has 1 aliphatic heterocycles. The highest BCUT2D eigenvalue weighted by molar-refractivity contribution is 5.91. The molecular weight excluding hydrogens is 536 g/mol. The van der Waals surface area contributed by atoms with Gasteiger partial charge in [0, 0.05) is 24.9 Å². The van der Waals surface area contributed by atoms with Gasteiger partial charge in [-0.3, -0.25) is 9.69 Å². The first-order chi connectivity index (χ1) is 18.1. The zero-order chi connectivity index (χ0) is 29.3. The quantitative estimate of drug-likeness (QED) is 0.282. The zero-order valence-corrected chi connectivity index (χ0v) is 21.7. The third-order valence-electron chi connectivity index (χ3n) is 6.29. The number of fused-ring (bicyclic) bond motifs is 1. The predicted molar refractivity (Wildman–Crippen MR) is 127 cm³/mol. The summed E-state index contributed by atoms with van der Waals surface area (Å²) < 4.78 is 103. The van der Waals surface area contributed by atoms with Gasteiger partial charge in [-0.05, 0) is 55.7 Å². The molecule has 2 aromatic rings. The molecule has 1 heterocycles. The second-order valence-electron chi connectivity index (χ2n) is 8.90. The highest BCUT2D eigenvalue weighted by Gasteiger charge is 2.43. The molecule has 0 fully saturated rings. The predicted octanol–water partition coefficient (Wildman–Crippen LogP) is 6.88. The Balaban J connectivity index is 2.31. The van der Waals surface area contributed by atoms with E-state index in [2.05, 4.69) is 0 Å². The standard InChI is InChI=1S/C26H27F6NO6/c1-6-38-24(35)33-13(2)7-19(18-11-21(36-4)22(37-5)12-20(18)33)23(39-14(3)34)15-8-16(25(27,28)29)10-17(9-15)26(30,31)32/h8-13,19,23H,6-7H2,1-5H3/t13-,19-,23?/m1/s1. The van der Waals surface area contributed by atoms with Crippen LogP contribution in [0.1, 0.15) is 61.5 Å². The molecule has 0 spiro atoms. The fraction of sp³-hybridized carbons (Fsp3) is 0.462. The fourth-order valence-corrected chi connectivity index (χ4v) is 4.69. The summed E-state index contributed by atoms with van der Waals surface area (Å²) in [4.78, 5) is 26.3. The van der Waals surface area contributed by atoms with E-state index < -0.39 is 59.2 Å². The average molecular weight is 563 g/mol. The van der Waals surface area contributed by atoms with Gasteiger partial charge in [0.05, 0.1) is 37.6 Å². The van der Waals surface area contributed by atoms with Crippen molar-refractivity contribution >= 4 is 17.7 Å². The summed E-state index contributed by atoms with van der Waals surface area (Å²) in [6.07, 6.45) is -12.5. The first-order valence-electron chi connectivity index (χ1n) is 11.8. The van der Waals surface area contributed by atoms with Gasteiger partial charge < -0.3 is 18.9 Å². The third-order valence-corrected chi connectivity index (χ3v) is 6.29. The Hall–Kier alpha value is -3.64. The maximum Gasteiger partial charge on any atom is 0.416 e. The summed E-state index contributed by atoms with van der Waals surface area (Å²) >= 11 is 0. The van der Waals surface area contributed by atoms with Crippen LogP contribution in [0.2, 0.25) is 0 Å². The summed E-state index contributed by atoms with van der Waals surface area (Å²) in [5, 5.41) is 0. The molecule has 0 aliphatic carbocycles. The first kappa shape index (κ1) is 29.9. The van der Waals surface area contributed by atoms with Crippen LogP contribution in [-0.4, -0.2) is 38.9 Å². The van der Waals surface area contributed by atoms with Crippen LogP contribution in [0.5, 0.6) is 11.5 Å². The van der Waals surface area contributed by atoms with Crippen molar-refractivity contribution in [3.8, 4) is 11.5 Å². The number of hydrogen-bond acceptors (Lipinski definition) is 6. The summed E-state index contributed by atoms with van der Waals surface area (Å²) in [6.45, 7) is 4.28. The molecule has 1 unspecified atom stereocenters. The number of hydrogen-bond donors (Lipinski definition) is 0. The van der Waals surface area contributed by atoms with Gasteiger partial charge in [-0.15, -0.1) is 0 Å². The van der Waals surface area contributed by atoms with Crippen molar-refractivity contribution < 1.29 is 54.9 Å². The van der Waals surface area contributed by atoms with Crippen molar-refractivity contribution in [1.29, 1.82) is 0 Å². The molecule has 214 valence electrons. The molecule has 13 heteroatoms. The van der Waals surface area contributed by atoms with Crippen molar-refractivity contribution in [2.24, 2.45) is 0 Å². The SMILES string of the molecule is CCOC(=O)N1c2cc(OC)c(OC)cc2[C@H](C(OC(C)=O)c2cc(C(F)(F)F)cc(C(F)(F)F)c2)C[C@H]1C. The van der Waals surface area contributed by atoms with Crippen LogP contribution >= 0.6 is 0 Å². The molecule has 0 radical (unpaired) electrons. The number of nitrogens with zero attached hydrogens (tertiary/aromatic N) is 1. The smallest absolute Gasteiger partial charge is 0.416 e. The minimum absolute atomic E-state index is 0.00213. The molecule has 0 N–H and O–H groups in total. The van der Waals surface area contributed by atoms with Crippen LogP contribution in [-0.2, 0) is 26.6 Å². The average Bonchev–Trinajstić information content (AvgIpc) is 2.84. The number of amides is 1. The number of alkyl halides is 6. The van der Waals surface area contributed by atoms with Gasteiger partial charge in [0.1, 0.15) is 6.10 Å². The second-order valence-corrected chi connectivity index (χ2v) is 8.90. The molecule has 7 nitrogen and oxygen atoms in total. The third kappa shape index (κ3) is 6.34. The van der Waals surface area contributed by atoms with E-state index in [1.54, 1.807) is 13.8 Å². The molecule has 3 rings (SSSR count). The van der Waals surface area contributed by atoms with Crippen LogP contribution in [0.15, 0.2) is 30.3 Å². The van der Waals surface area contributed by atoms with E-state index in [-0.39, 0.29) is 41.8 Å². The van der Waals surface area contributed by atoms with Crippen LogP contribution in [0, 0.1) is 0 Å². The number of anilines is 1. The normalized spacial score (nSPS) is 18.2. The number of ether oxygens (including phenoxy) is 4. The number of halogens is 6. The highest BCUT2D eigenvalue weighted by Crippen LogP contribution is 2.51. The Bertz CT molecular complexity index is 1200. The minimum Gasteiger partial charge on any atom is -0.493 e. The molecule has 2 aromatic carbocycles. The van der Waals surface area contributed by atoms with Crippen molar-refractivity contribution in [1.82, 2.24) is 0 Å². The first-order valence-corrected chi connectivity index (χ1v) is 11.8. The molecule has 0 bridgehead atoms. The Morgan fingerprint density at radius 1 is 0.949 bits per heavy atom. The van der Waals surface area contributed by atoms with Crippen molar-refractivity contribution in [3.05, 3.63) is 52.6 Å². The number of esters is 1. The minimum atomic E-state index is -5.11. The lowest BCUT2D eigenvalue weighted by molar-refractivity contribution is -0.148. The van der Waals surface area contributed by atoms with Gasteiger partial charge in [0.25, 0.3) is 0 Å². The van der Waals surface area contributed by atoms with E-state index in [0.717, 1.165) is 6.92 Å². The van der Waals surface area contributed by atoms with Crippen molar-refractivity contribution in [2.75, 3.05) is 25.7 Å². The number of carbonyl (C=O) groups excluding carboxylic acids is 2. The summed E-state index contributed by atoms with van der Waals surface area (Å²) in [6, 6.07) is 3.31. The van der Waals surface area contributed by atoms with Crippen molar-refractivity contribution in [3.63, 3.8) is 0 Å². The number of benzene rings is 2. The number of rotatable bonds is 6. The molecule has 1 aliphatic rings. The van der Waals surface area contributed by atoms with E-state index >= 15 is 0 Å². The fourth-order valence-electron chi connectivity index (χ4n) is 4.69. The summed E-state index contributed by atoms with van der Waals surface area (Å²) in [5.74, 6) is -1.51. The molecule has 0 saturated carbocycles. The summed E-state index contributed by atoms with van der Waals surface area (Å²) in [5.41, 5.74) is -3.11. The lowest BCUT2D eigenvalue weighted by atomic mass is 9.79. The number of methoxy groups -OCH3 is 2. The van der Waals surface area contributed by atoms with Gasteiger partial charge in [0.15, 0.2) is 11.5 Å². The van der Waals surface area contributed by atoms with E-state index in [1.807, 2.05) is 0 Å². The van der Waals surface area contributed by atoms with Gasteiger partial charge in [0.2, 0.25) is 0 Å². The van der Waals surface area contributed by atoms with Crippen LogP contribution in [0.3, 0.4) is 0 Å². The second kappa shape index (κ2) is 11.2. The Morgan fingerprint density at radius 2 is 1.49 bits per heavy atom. The molecule has 3 atom stereocenters. The Kier molecular flexibility index (Phi) is 8.61.